The minimum absolute atomic E-state index is 0.135. The van der Waals surface area contributed by atoms with Gasteiger partial charge in [0.15, 0.2) is 0 Å². The maximum Gasteiger partial charge on any atom is 0.123 e. The number of rotatable bonds is 5. The molecule has 20 heavy (non-hydrogen) atoms. The Morgan fingerprint density at radius 2 is 2.20 bits per heavy atom. The first-order valence-corrected chi connectivity index (χ1v) is 7.80. The second-order valence-electron chi connectivity index (χ2n) is 6.36. The molecule has 0 amide bonds. The average Bonchev–Trinajstić information content (AvgIpc) is 2.38. The summed E-state index contributed by atoms with van der Waals surface area (Å²) in [6.45, 7) is 9.73. The van der Waals surface area contributed by atoms with Crippen LogP contribution in [-0.4, -0.2) is 30.1 Å². The van der Waals surface area contributed by atoms with Crippen molar-refractivity contribution in [3.8, 4) is 0 Å². The van der Waals surface area contributed by atoms with E-state index >= 15 is 0 Å². The molecule has 0 bridgehead atoms. The van der Waals surface area contributed by atoms with Crippen molar-refractivity contribution in [1.29, 1.82) is 0 Å². The number of hydrogen-bond acceptors (Lipinski definition) is 2. The molecule has 2 rings (SSSR count). The van der Waals surface area contributed by atoms with Gasteiger partial charge in [0, 0.05) is 31.7 Å². The summed E-state index contributed by atoms with van der Waals surface area (Å²) < 4.78 is 13.3. The first-order valence-electron chi connectivity index (χ1n) is 7.80. The van der Waals surface area contributed by atoms with E-state index in [1.807, 2.05) is 6.07 Å². The molecule has 1 fully saturated rings. The number of hydrogen-bond donors (Lipinski definition) is 1. The van der Waals surface area contributed by atoms with E-state index in [0.29, 0.717) is 18.0 Å². The highest BCUT2D eigenvalue weighted by atomic mass is 19.1. The highest BCUT2D eigenvalue weighted by Gasteiger charge is 2.26. The zero-order valence-electron chi connectivity index (χ0n) is 12.9. The van der Waals surface area contributed by atoms with Crippen LogP contribution < -0.4 is 5.32 Å². The molecule has 1 aliphatic heterocycles. The fourth-order valence-electron chi connectivity index (χ4n) is 3.12. The summed E-state index contributed by atoms with van der Waals surface area (Å²) in [6, 6.07) is 8.12. The van der Waals surface area contributed by atoms with Gasteiger partial charge >= 0.3 is 0 Å². The molecule has 3 heteroatoms. The molecular weight excluding hydrogens is 251 g/mol. The zero-order chi connectivity index (χ0) is 14.5. The average molecular weight is 278 g/mol. The van der Waals surface area contributed by atoms with E-state index in [4.69, 9.17) is 0 Å². The SMILES string of the molecule is CCC1CNC(CC(C)C)CN1Cc1cccc(F)c1. The van der Waals surface area contributed by atoms with Crippen molar-refractivity contribution in [3.05, 3.63) is 35.6 Å². The molecule has 112 valence electrons. The lowest BCUT2D eigenvalue weighted by atomic mass is 9.98. The molecule has 2 unspecified atom stereocenters. The minimum Gasteiger partial charge on any atom is -0.311 e. The second-order valence-corrected chi connectivity index (χ2v) is 6.36. The van der Waals surface area contributed by atoms with Crippen molar-refractivity contribution in [1.82, 2.24) is 10.2 Å². The smallest absolute Gasteiger partial charge is 0.123 e. The summed E-state index contributed by atoms with van der Waals surface area (Å²) in [5.74, 6) is 0.575. The lowest BCUT2D eigenvalue weighted by molar-refractivity contribution is 0.111. The van der Waals surface area contributed by atoms with Crippen molar-refractivity contribution >= 4 is 0 Å². The molecule has 1 heterocycles. The molecular formula is C17H27FN2. The van der Waals surface area contributed by atoms with Crippen LogP contribution in [0.25, 0.3) is 0 Å². The fourth-order valence-corrected chi connectivity index (χ4v) is 3.12. The molecule has 1 saturated heterocycles. The van der Waals surface area contributed by atoms with Crippen molar-refractivity contribution in [2.75, 3.05) is 13.1 Å². The van der Waals surface area contributed by atoms with Gasteiger partial charge in [-0.15, -0.1) is 0 Å². The first-order chi connectivity index (χ1) is 9.58. The summed E-state index contributed by atoms with van der Waals surface area (Å²) in [6.07, 6.45) is 2.34. The third-order valence-electron chi connectivity index (χ3n) is 4.12. The standard InChI is InChI=1S/C17H27FN2/c1-4-17-10-19-16(8-13(2)3)12-20(17)11-14-6-5-7-15(18)9-14/h5-7,9,13,16-17,19H,4,8,10-12H2,1-3H3. The lowest BCUT2D eigenvalue weighted by Crippen LogP contribution is -2.56. The van der Waals surface area contributed by atoms with Crippen LogP contribution in [0.1, 0.15) is 39.2 Å². The Morgan fingerprint density at radius 1 is 1.40 bits per heavy atom. The van der Waals surface area contributed by atoms with E-state index in [1.165, 1.54) is 12.5 Å². The Hall–Kier alpha value is -0.930. The van der Waals surface area contributed by atoms with Crippen LogP contribution in [0.4, 0.5) is 4.39 Å². The van der Waals surface area contributed by atoms with Gasteiger partial charge < -0.3 is 5.32 Å². The highest BCUT2D eigenvalue weighted by Crippen LogP contribution is 2.18. The zero-order valence-corrected chi connectivity index (χ0v) is 12.9. The van der Waals surface area contributed by atoms with E-state index in [0.717, 1.165) is 31.6 Å². The Kier molecular flexibility index (Phi) is 5.55. The van der Waals surface area contributed by atoms with Gasteiger partial charge in [0.2, 0.25) is 0 Å². The summed E-state index contributed by atoms with van der Waals surface area (Å²) in [7, 11) is 0. The Labute approximate surface area is 122 Å². The van der Waals surface area contributed by atoms with Crippen molar-refractivity contribution in [2.24, 2.45) is 5.92 Å². The van der Waals surface area contributed by atoms with Gasteiger partial charge in [-0.1, -0.05) is 32.9 Å². The van der Waals surface area contributed by atoms with Crippen LogP contribution in [0, 0.1) is 11.7 Å². The minimum atomic E-state index is -0.135. The predicted octanol–water partition coefficient (Wildman–Crippen LogP) is 3.42. The monoisotopic (exact) mass is 278 g/mol. The summed E-state index contributed by atoms with van der Waals surface area (Å²) in [4.78, 5) is 2.51. The summed E-state index contributed by atoms with van der Waals surface area (Å²) in [5, 5.41) is 3.66. The van der Waals surface area contributed by atoms with Gasteiger partial charge in [0.1, 0.15) is 5.82 Å². The van der Waals surface area contributed by atoms with Crippen LogP contribution in [0.15, 0.2) is 24.3 Å². The molecule has 0 spiro atoms. The third kappa shape index (κ3) is 4.29. The van der Waals surface area contributed by atoms with Crippen LogP contribution in [-0.2, 0) is 6.54 Å². The first kappa shape index (κ1) is 15.5. The van der Waals surface area contributed by atoms with Crippen LogP contribution in [0.2, 0.25) is 0 Å². The molecule has 2 nitrogen and oxygen atoms in total. The molecule has 1 aliphatic rings. The third-order valence-corrected chi connectivity index (χ3v) is 4.12. The van der Waals surface area contributed by atoms with Crippen LogP contribution >= 0.6 is 0 Å². The van der Waals surface area contributed by atoms with Crippen molar-refractivity contribution in [2.45, 2.75) is 52.2 Å². The van der Waals surface area contributed by atoms with E-state index in [9.17, 15) is 4.39 Å². The molecule has 1 N–H and O–H groups in total. The molecule has 1 aromatic carbocycles. The summed E-state index contributed by atoms with van der Waals surface area (Å²) in [5.41, 5.74) is 1.08. The number of nitrogens with zero attached hydrogens (tertiary/aromatic N) is 1. The molecule has 0 saturated carbocycles. The number of piperazine rings is 1. The van der Waals surface area contributed by atoms with E-state index < -0.39 is 0 Å². The maximum atomic E-state index is 13.3. The largest absolute Gasteiger partial charge is 0.311 e. The van der Waals surface area contributed by atoms with Gasteiger partial charge in [0.05, 0.1) is 0 Å². The molecule has 0 radical (unpaired) electrons. The Morgan fingerprint density at radius 3 is 2.85 bits per heavy atom. The molecule has 1 aromatic rings. The van der Waals surface area contributed by atoms with E-state index in [2.05, 4.69) is 31.0 Å². The Balaban J connectivity index is 2.01. The fraction of sp³-hybridized carbons (Fsp3) is 0.647. The van der Waals surface area contributed by atoms with Gasteiger partial charge in [0.25, 0.3) is 0 Å². The predicted molar refractivity (Wildman–Crippen MR) is 82.1 cm³/mol. The van der Waals surface area contributed by atoms with Crippen LogP contribution in [0.3, 0.4) is 0 Å². The van der Waals surface area contributed by atoms with Crippen molar-refractivity contribution in [3.63, 3.8) is 0 Å². The van der Waals surface area contributed by atoms with Gasteiger partial charge in [-0.25, -0.2) is 4.39 Å². The Bertz CT molecular complexity index is 419. The topological polar surface area (TPSA) is 15.3 Å². The van der Waals surface area contributed by atoms with Gasteiger partial charge in [-0.2, -0.15) is 0 Å². The van der Waals surface area contributed by atoms with Crippen LogP contribution in [0.5, 0.6) is 0 Å². The van der Waals surface area contributed by atoms with E-state index in [-0.39, 0.29) is 5.82 Å². The normalized spacial score (nSPS) is 24.2. The van der Waals surface area contributed by atoms with Gasteiger partial charge in [-0.05, 0) is 36.5 Å². The van der Waals surface area contributed by atoms with Crippen molar-refractivity contribution < 1.29 is 4.39 Å². The maximum absolute atomic E-state index is 13.3. The lowest BCUT2D eigenvalue weighted by Gasteiger charge is -2.40. The quantitative estimate of drug-likeness (QED) is 0.888. The number of benzene rings is 1. The number of halogens is 1. The second kappa shape index (κ2) is 7.19. The highest BCUT2D eigenvalue weighted by molar-refractivity contribution is 5.16. The summed E-state index contributed by atoms with van der Waals surface area (Å²) >= 11 is 0. The number of nitrogens with one attached hydrogen (secondary N) is 1. The molecule has 0 aliphatic carbocycles. The molecule has 0 aromatic heterocycles. The molecule has 2 atom stereocenters. The van der Waals surface area contributed by atoms with Gasteiger partial charge in [-0.3, -0.25) is 4.90 Å². The van der Waals surface area contributed by atoms with E-state index in [1.54, 1.807) is 12.1 Å².